The smallest absolute Gasteiger partial charge is 0.258 e. The first-order valence-electron chi connectivity index (χ1n) is 7.41. The molecule has 3 N–H and O–H groups in total. The van der Waals surface area contributed by atoms with Crippen LogP contribution >= 0.6 is 0 Å². The largest absolute Gasteiger partial charge is 0.508 e. The summed E-state index contributed by atoms with van der Waals surface area (Å²) in [5, 5.41) is 15.6. The van der Waals surface area contributed by atoms with Gasteiger partial charge in [-0.15, -0.1) is 0 Å². The number of carbonyl (C=O) groups excluding carboxylic acids is 1. The summed E-state index contributed by atoms with van der Waals surface area (Å²) in [4.78, 5) is 11.9. The van der Waals surface area contributed by atoms with E-state index in [0.29, 0.717) is 36.2 Å². The molecule has 0 aliphatic carbocycles. The maximum Gasteiger partial charge on any atom is 0.258 e. The van der Waals surface area contributed by atoms with Crippen molar-refractivity contribution in [1.29, 1.82) is 0 Å². The Kier molecular flexibility index (Phi) is 4.02. The highest BCUT2D eigenvalue weighted by molar-refractivity contribution is 6.12. The minimum absolute atomic E-state index is 0.0997. The van der Waals surface area contributed by atoms with E-state index in [1.54, 1.807) is 0 Å². The van der Waals surface area contributed by atoms with Crippen molar-refractivity contribution in [2.24, 2.45) is 0 Å². The molecule has 1 aliphatic rings. The zero-order valence-electron chi connectivity index (χ0n) is 12.5. The lowest BCUT2D eigenvalue weighted by atomic mass is 10.1. The molecule has 0 aromatic heterocycles. The minimum atomic E-state index is -0.359. The summed E-state index contributed by atoms with van der Waals surface area (Å²) in [6.07, 6.45) is 1.24. The number of halogens is 1. The van der Waals surface area contributed by atoms with Crippen molar-refractivity contribution in [2.75, 3.05) is 11.9 Å². The fraction of sp³-hybridized carbons (Fsp3) is 0.167. The van der Waals surface area contributed by atoms with Crippen molar-refractivity contribution >= 4 is 17.3 Å². The molecule has 0 spiro atoms. The quantitative estimate of drug-likeness (QED) is 0.742. The molecule has 2 aromatic rings. The van der Waals surface area contributed by atoms with E-state index < -0.39 is 0 Å². The van der Waals surface area contributed by atoms with Crippen LogP contribution in [0.3, 0.4) is 0 Å². The van der Waals surface area contributed by atoms with E-state index in [1.165, 1.54) is 18.2 Å². The Bertz CT molecular complexity index is 787. The number of rotatable bonds is 5. The number of phenols is 1. The molecular weight excluding hydrogens is 295 g/mol. The van der Waals surface area contributed by atoms with Crippen molar-refractivity contribution in [3.63, 3.8) is 0 Å². The van der Waals surface area contributed by atoms with E-state index in [0.717, 1.165) is 11.3 Å². The van der Waals surface area contributed by atoms with Crippen molar-refractivity contribution in [1.82, 2.24) is 5.32 Å². The molecule has 0 atom stereocenters. The van der Waals surface area contributed by atoms with Gasteiger partial charge in [-0.1, -0.05) is 18.7 Å². The van der Waals surface area contributed by atoms with Gasteiger partial charge in [0.15, 0.2) is 0 Å². The average molecular weight is 312 g/mol. The number of benzene rings is 2. The molecule has 1 heterocycles. The summed E-state index contributed by atoms with van der Waals surface area (Å²) >= 11 is 0. The number of hydrogen-bond acceptors (Lipinski definition) is 3. The molecule has 0 fully saturated rings. The van der Waals surface area contributed by atoms with Gasteiger partial charge >= 0.3 is 0 Å². The Morgan fingerprint density at radius 3 is 2.91 bits per heavy atom. The van der Waals surface area contributed by atoms with E-state index >= 15 is 0 Å². The number of anilines is 1. The molecular formula is C18H17FN2O2. The third-order valence-corrected chi connectivity index (χ3v) is 3.86. The molecule has 5 heteroatoms. The highest BCUT2D eigenvalue weighted by atomic mass is 19.1. The van der Waals surface area contributed by atoms with Crippen LogP contribution in [0.2, 0.25) is 0 Å². The van der Waals surface area contributed by atoms with Crippen LogP contribution in [0.25, 0.3) is 5.70 Å². The van der Waals surface area contributed by atoms with Crippen LogP contribution in [-0.2, 0) is 6.42 Å². The molecule has 0 saturated heterocycles. The lowest BCUT2D eigenvalue weighted by Crippen LogP contribution is -2.14. The van der Waals surface area contributed by atoms with E-state index in [9.17, 15) is 14.3 Å². The first-order valence-corrected chi connectivity index (χ1v) is 7.41. The number of fused-ring (bicyclic) bond motifs is 1. The van der Waals surface area contributed by atoms with Gasteiger partial charge in [0, 0.05) is 23.5 Å². The second kappa shape index (κ2) is 6.12. The van der Waals surface area contributed by atoms with Crippen LogP contribution in [0.4, 0.5) is 10.1 Å². The number of nitrogens with one attached hydrogen (secondary N) is 2. The molecule has 118 valence electrons. The number of aromatic hydroxyl groups is 1. The maximum atomic E-state index is 13.2. The topological polar surface area (TPSA) is 61.4 Å². The Morgan fingerprint density at radius 2 is 2.09 bits per heavy atom. The van der Waals surface area contributed by atoms with Gasteiger partial charge in [-0.2, -0.15) is 0 Å². The monoisotopic (exact) mass is 312 g/mol. The van der Waals surface area contributed by atoms with Gasteiger partial charge in [-0.3, -0.25) is 4.79 Å². The zero-order valence-corrected chi connectivity index (χ0v) is 12.5. The second-order valence-electron chi connectivity index (χ2n) is 5.46. The SMILES string of the molecule is C=C1NC(=O)c2c(NCCCc3cc(F)ccc3O)cccc21. The fourth-order valence-electron chi connectivity index (χ4n) is 2.72. The molecule has 1 aliphatic heterocycles. The summed E-state index contributed by atoms with van der Waals surface area (Å²) in [5.74, 6) is -0.416. The van der Waals surface area contributed by atoms with Crippen LogP contribution in [-0.4, -0.2) is 17.6 Å². The standard InChI is InChI=1S/C18H17FN2O2/c1-11-14-5-2-6-15(17(14)18(23)21-11)20-9-3-4-12-10-13(19)7-8-16(12)22/h2,5-8,10,20,22H,1,3-4,9H2,(H,21,23). The maximum absolute atomic E-state index is 13.2. The molecule has 3 rings (SSSR count). The van der Waals surface area contributed by atoms with Gasteiger partial charge in [0.2, 0.25) is 0 Å². The van der Waals surface area contributed by atoms with E-state index in [2.05, 4.69) is 17.2 Å². The normalized spacial score (nSPS) is 12.9. The highest BCUT2D eigenvalue weighted by Crippen LogP contribution is 2.29. The van der Waals surface area contributed by atoms with E-state index in [-0.39, 0.29) is 17.5 Å². The number of phenolic OH excluding ortho intramolecular Hbond substituents is 1. The summed E-state index contributed by atoms with van der Waals surface area (Å²) in [5.41, 5.74) is 3.35. The van der Waals surface area contributed by atoms with Crippen molar-refractivity contribution in [2.45, 2.75) is 12.8 Å². The van der Waals surface area contributed by atoms with Gasteiger partial charge in [0.05, 0.1) is 5.56 Å². The third kappa shape index (κ3) is 3.04. The molecule has 1 amide bonds. The van der Waals surface area contributed by atoms with Gasteiger partial charge in [0.1, 0.15) is 11.6 Å². The Hall–Kier alpha value is -2.82. The van der Waals surface area contributed by atoms with E-state index in [1.807, 2.05) is 18.2 Å². The molecule has 0 bridgehead atoms. The zero-order chi connectivity index (χ0) is 16.4. The summed E-state index contributed by atoms with van der Waals surface area (Å²) in [6.45, 7) is 4.42. The highest BCUT2D eigenvalue weighted by Gasteiger charge is 2.24. The first-order chi connectivity index (χ1) is 11.1. The molecule has 23 heavy (non-hydrogen) atoms. The van der Waals surface area contributed by atoms with Crippen molar-refractivity contribution < 1.29 is 14.3 Å². The summed E-state index contributed by atoms with van der Waals surface area (Å²) in [6, 6.07) is 9.49. The first kappa shape index (κ1) is 15.1. The number of amides is 1. The lowest BCUT2D eigenvalue weighted by molar-refractivity contribution is 0.0982. The Balaban J connectivity index is 1.63. The molecule has 0 unspecified atom stereocenters. The van der Waals surface area contributed by atoms with Crippen molar-refractivity contribution in [3.05, 3.63) is 65.5 Å². The Labute approximate surface area is 133 Å². The average Bonchev–Trinajstić information content (AvgIpc) is 2.82. The van der Waals surface area contributed by atoms with Gasteiger partial charge < -0.3 is 15.7 Å². The van der Waals surface area contributed by atoms with Gasteiger partial charge in [0.25, 0.3) is 5.91 Å². The second-order valence-corrected chi connectivity index (χ2v) is 5.46. The van der Waals surface area contributed by atoms with Crippen LogP contribution in [0, 0.1) is 5.82 Å². The predicted octanol–water partition coefficient (Wildman–Crippen LogP) is 3.29. The van der Waals surface area contributed by atoms with Gasteiger partial charge in [-0.05, 0) is 42.7 Å². The lowest BCUT2D eigenvalue weighted by Gasteiger charge is -2.10. The Morgan fingerprint density at radius 1 is 1.26 bits per heavy atom. The van der Waals surface area contributed by atoms with Gasteiger partial charge in [-0.25, -0.2) is 4.39 Å². The number of aryl methyl sites for hydroxylation is 1. The van der Waals surface area contributed by atoms with Crippen LogP contribution in [0.5, 0.6) is 5.75 Å². The van der Waals surface area contributed by atoms with Crippen molar-refractivity contribution in [3.8, 4) is 5.75 Å². The summed E-state index contributed by atoms with van der Waals surface area (Å²) < 4.78 is 13.2. The molecule has 0 saturated carbocycles. The van der Waals surface area contributed by atoms with Crippen LogP contribution in [0.1, 0.15) is 27.9 Å². The molecule has 0 radical (unpaired) electrons. The third-order valence-electron chi connectivity index (χ3n) is 3.86. The van der Waals surface area contributed by atoms with Crippen LogP contribution < -0.4 is 10.6 Å². The number of hydrogen-bond donors (Lipinski definition) is 3. The fourth-order valence-corrected chi connectivity index (χ4v) is 2.72. The molecule has 2 aromatic carbocycles. The molecule has 4 nitrogen and oxygen atoms in total. The van der Waals surface area contributed by atoms with E-state index in [4.69, 9.17) is 0 Å². The predicted molar refractivity (Wildman–Crippen MR) is 87.8 cm³/mol. The minimum Gasteiger partial charge on any atom is -0.508 e. The van der Waals surface area contributed by atoms with Crippen LogP contribution in [0.15, 0.2) is 43.0 Å². The summed E-state index contributed by atoms with van der Waals surface area (Å²) in [7, 11) is 0. The number of carbonyl (C=O) groups is 1.